The number of benzene rings is 4. The SMILES string of the molecule is Cc1ccc2c(c1)Oc1cccc3c1B2c1c(C)cc(C)cc1N3c1ccccc1. The van der Waals surface area contributed by atoms with Gasteiger partial charge in [-0.25, -0.2) is 0 Å². The minimum atomic E-state index is 0.177. The van der Waals surface area contributed by atoms with Crippen molar-refractivity contribution in [3.8, 4) is 11.5 Å². The molecule has 4 aromatic carbocycles. The van der Waals surface area contributed by atoms with Crippen molar-refractivity contribution < 1.29 is 4.74 Å². The maximum atomic E-state index is 6.44. The molecular formula is C27H22BNO. The van der Waals surface area contributed by atoms with Crippen LogP contribution in [0.4, 0.5) is 17.1 Å². The van der Waals surface area contributed by atoms with Crippen molar-refractivity contribution in [2.75, 3.05) is 4.90 Å². The van der Waals surface area contributed by atoms with Crippen molar-refractivity contribution in [1.29, 1.82) is 0 Å². The third-order valence-electron chi connectivity index (χ3n) is 6.33. The summed E-state index contributed by atoms with van der Waals surface area (Å²) in [5, 5.41) is 0. The van der Waals surface area contributed by atoms with Crippen molar-refractivity contribution in [3.05, 3.63) is 95.6 Å². The summed E-state index contributed by atoms with van der Waals surface area (Å²) < 4.78 is 6.44. The average molecular weight is 387 g/mol. The quantitative estimate of drug-likeness (QED) is 0.368. The number of ether oxygens (including phenoxy) is 1. The fourth-order valence-corrected chi connectivity index (χ4v) is 5.15. The van der Waals surface area contributed by atoms with E-state index >= 15 is 0 Å². The standard InChI is InChI=1S/C27H22BNO/c1-17-12-13-21-25(16-17)30-24-11-7-10-22-27(24)28(21)26-19(3)14-18(2)15-23(26)29(22)20-8-5-4-6-9-20/h4-16H,1-3H3. The van der Waals surface area contributed by atoms with E-state index in [1.165, 1.54) is 50.1 Å². The molecule has 0 amide bonds. The first-order valence-electron chi connectivity index (χ1n) is 10.5. The summed E-state index contributed by atoms with van der Waals surface area (Å²) in [4.78, 5) is 2.40. The first-order valence-corrected chi connectivity index (χ1v) is 10.5. The molecule has 6 rings (SSSR count). The van der Waals surface area contributed by atoms with Crippen molar-refractivity contribution in [1.82, 2.24) is 0 Å². The van der Waals surface area contributed by atoms with Gasteiger partial charge in [-0.3, -0.25) is 0 Å². The molecule has 4 aromatic rings. The molecule has 0 saturated heterocycles. The van der Waals surface area contributed by atoms with Crippen molar-refractivity contribution in [3.63, 3.8) is 0 Å². The Morgan fingerprint density at radius 3 is 2.33 bits per heavy atom. The summed E-state index contributed by atoms with van der Waals surface area (Å²) >= 11 is 0. The molecular weight excluding hydrogens is 365 g/mol. The fourth-order valence-electron chi connectivity index (χ4n) is 5.15. The predicted molar refractivity (Wildman–Crippen MR) is 127 cm³/mol. The minimum absolute atomic E-state index is 0.177. The number of fused-ring (bicyclic) bond motifs is 4. The molecule has 0 N–H and O–H groups in total. The molecule has 0 aromatic heterocycles. The molecule has 2 aliphatic heterocycles. The zero-order chi connectivity index (χ0) is 20.4. The molecule has 3 heteroatoms. The lowest BCUT2D eigenvalue weighted by atomic mass is 9.33. The van der Waals surface area contributed by atoms with Crippen LogP contribution in [0.3, 0.4) is 0 Å². The smallest absolute Gasteiger partial charge is 0.256 e. The second-order valence-corrected chi connectivity index (χ2v) is 8.45. The molecule has 0 unspecified atom stereocenters. The van der Waals surface area contributed by atoms with Crippen LogP contribution >= 0.6 is 0 Å². The number of hydrogen-bond acceptors (Lipinski definition) is 2. The monoisotopic (exact) mass is 387 g/mol. The highest BCUT2D eigenvalue weighted by Gasteiger charge is 2.42. The van der Waals surface area contributed by atoms with Gasteiger partial charge in [0, 0.05) is 17.1 Å². The Balaban J connectivity index is 1.73. The van der Waals surface area contributed by atoms with Crippen molar-refractivity contribution in [2.45, 2.75) is 20.8 Å². The van der Waals surface area contributed by atoms with E-state index in [2.05, 4.69) is 105 Å². The Morgan fingerprint density at radius 2 is 1.50 bits per heavy atom. The number of anilines is 3. The maximum Gasteiger partial charge on any atom is 0.256 e. The first-order chi connectivity index (χ1) is 14.6. The molecule has 0 bridgehead atoms. The van der Waals surface area contributed by atoms with E-state index in [1.807, 2.05) is 0 Å². The van der Waals surface area contributed by atoms with Gasteiger partial charge in [-0.1, -0.05) is 48.0 Å². The Bertz CT molecular complexity index is 1310. The number of para-hydroxylation sites is 1. The molecule has 30 heavy (non-hydrogen) atoms. The van der Waals surface area contributed by atoms with E-state index in [9.17, 15) is 0 Å². The van der Waals surface area contributed by atoms with Gasteiger partial charge in [0.05, 0.1) is 0 Å². The Kier molecular flexibility index (Phi) is 3.64. The zero-order valence-corrected chi connectivity index (χ0v) is 17.4. The summed E-state index contributed by atoms with van der Waals surface area (Å²) in [6, 6.07) is 28.3. The molecule has 2 nitrogen and oxygen atoms in total. The van der Waals surface area contributed by atoms with Crippen LogP contribution in [-0.4, -0.2) is 6.71 Å². The van der Waals surface area contributed by atoms with Gasteiger partial charge in [-0.15, -0.1) is 0 Å². The molecule has 0 aliphatic carbocycles. The van der Waals surface area contributed by atoms with Crippen molar-refractivity contribution >= 4 is 40.2 Å². The summed E-state index contributed by atoms with van der Waals surface area (Å²) in [5.41, 5.74) is 11.3. The molecule has 0 saturated carbocycles. The van der Waals surface area contributed by atoms with Crippen LogP contribution in [-0.2, 0) is 0 Å². The fraction of sp³-hybridized carbons (Fsp3) is 0.111. The highest BCUT2D eigenvalue weighted by molar-refractivity contribution is 6.99. The largest absolute Gasteiger partial charge is 0.458 e. The van der Waals surface area contributed by atoms with E-state index < -0.39 is 0 Å². The lowest BCUT2D eigenvalue weighted by Gasteiger charge is -2.41. The van der Waals surface area contributed by atoms with Crippen LogP contribution in [0, 0.1) is 20.8 Å². The van der Waals surface area contributed by atoms with Crippen LogP contribution in [0.5, 0.6) is 11.5 Å². The van der Waals surface area contributed by atoms with E-state index in [-0.39, 0.29) is 6.71 Å². The van der Waals surface area contributed by atoms with Crippen molar-refractivity contribution in [2.24, 2.45) is 0 Å². The van der Waals surface area contributed by atoms with Gasteiger partial charge in [-0.05, 0) is 84.7 Å². The highest BCUT2D eigenvalue weighted by atomic mass is 16.5. The van der Waals surface area contributed by atoms with E-state index in [4.69, 9.17) is 4.74 Å². The van der Waals surface area contributed by atoms with Crippen LogP contribution in [0.15, 0.2) is 78.9 Å². The minimum Gasteiger partial charge on any atom is -0.458 e. The van der Waals surface area contributed by atoms with Crippen LogP contribution < -0.4 is 26.0 Å². The second-order valence-electron chi connectivity index (χ2n) is 8.45. The number of hydrogen-bond donors (Lipinski definition) is 0. The Labute approximate surface area is 177 Å². The van der Waals surface area contributed by atoms with Gasteiger partial charge in [0.1, 0.15) is 11.5 Å². The molecule has 0 spiro atoms. The van der Waals surface area contributed by atoms with Crippen LogP contribution in [0.2, 0.25) is 0 Å². The average Bonchev–Trinajstić information content (AvgIpc) is 2.73. The molecule has 0 atom stereocenters. The van der Waals surface area contributed by atoms with Gasteiger partial charge >= 0.3 is 0 Å². The first kappa shape index (κ1) is 17.4. The van der Waals surface area contributed by atoms with Crippen LogP contribution in [0.1, 0.15) is 16.7 Å². The second kappa shape index (κ2) is 6.27. The third-order valence-corrected chi connectivity index (χ3v) is 6.33. The maximum absolute atomic E-state index is 6.44. The highest BCUT2D eigenvalue weighted by Crippen LogP contribution is 2.41. The van der Waals surface area contributed by atoms with Gasteiger partial charge in [0.2, 0.25) is 0 Å². The van der Waals surface area contributed by atoms with E-state index in [0.717, 1.165) is 11.5 Å². The predicted octanol–water partition coefficient (Wildman–Crippen LogP) is 5.02. The van der Waals surface area contributed by atoms with E-state index in [0.29, 0.717) is 0 Å². The number of nitrogens with zero attached hydrogens (tertiary/aromatic N) is 1. The number of aryl methyl sites for hydroxylation is 3. The molecule has 2 aliphatic rings. The molecule has 0 radical (unpaired) electrons. The van der Waals surface area contributed by atoms with Gasteiger partial charge in [0.15, 0.2) is 0 Å². The van der Waals surface area contributed by atoms with Gasteiger partial charge in [-0.2, -0.15) is 0 Å². The lowest BCUT2D eigenvalue weighted by Crippen LogP contribution is -2.60. The Hall–Kier alpha value is -3.46. The molecule has 2 heterocycles. The summed E-state index contributed by atoms with van der Waals surface area (Å²) in [5.74, 6) is 1.94. The van der Waals surface area contributed by atoms with Crippen LogP contribution in [0.25, 0.3) is 0 Å². The van der Waals surface area contributed by atoms with Gasteiger partial charge in [0.25, 0.3) is 6.71 Å². The third kappa shape index (κ3) is 2.38. The summed E-state index contributed by atoms with van der Waals surface area (Å²) in [7, 11) is 0. The topological polar surface area (TPSA) is 12.5 Å². The summed E-state index contributed by atoms with van der Waals surface area (Å²) in [6.07, 6.45) is 0. The summed E-state index contributed by atoms with van der Waals surface area (Å²) in [6.45, 7) is 6.72. The molecule has 144 valence electrons. The Morgan fingerprint density at radius 1 is 0.667 bits per heavy atom. The number of rotatable bonds is 1. The normalized spacial score (nSPS) is 13.3. The van der Waals surface area contributed by atoms with Gasteiger partial charge < -0.3 is 9.64 Å². The van der Waals surface area contributed by atoms with E-state index in [1.54, 1.807) is 0 Å². The molecule has 0 fully saturated rings. The zero-order valence-electron chi connectivity index (χ0n) is 17.4. The lowest BCUT2D eigenvalue weighted by molar-refractivity contribution is 0.487.